The van der Waals surface area contributed by atoms with Crippen molar-refractivity contribution >= 4 is 10.1 Å². The fourth-order valence-electron chi connectivity index (χ4n) is 0.718. The molecule has 0 radical (unpaired) electrons. The van der Waals surface area contributed by atoms with Gasteiger partial charge in [0.15, 0.2) is 0 Å². The van der Waals surface area contributed by atoms with Crippen LogP contribution in [0.15, 0.2) is 29.4 Å². The van der Waals surface area contributed by atoms with Gasteiger partial charge >= 0.3 is 0 Å². The molecule has 1 aromatic heterocycles. The molecule has 0 aromatic carbocycles. The van der Waals surface area contributed by atoms with Gasteiger partial charge in [-0.2, -0.15) is 8.42 Å². The molecule has 1 rings (SSSR count). The van der Waals surface area contributed by atoms with E-state index in [-0.39, 0.29) is 11.5 Å². The Bertz CT molecular complexity index is 333. The number of rotatable bonds is 3. The van der Waals surface area contributed by atoms with Crippen molar-refractivity contribution < 1.29 is 12.6 Å². The van der Waals surface area contributed by atoms with Crippen molar-refractivity contribution in [1.82, 2.24) is 4.98 Å². The number of nitrogens with zero attached hydrogens (tertiary/aromatic N) is 1. The highest BCUT2D eigenvalue weighted by atomic mass is 32.2. The maximum absolute atomic E-state index is 11.2. The van der Waals surface area contributed by atoms with Gasteiger partial charge in [0, 0.05) is 12.4 Å². The third-order valence-electron chi connectivity index (χ3n) is 1.20. The Labute approximate surface area is 71.3 Å². The lowest BCUT2D eigenvalue weighted by molar-refractivity contribution is 0.338. The molecule has 4 nitrogen and oxygen atoms in total. The van der Waals surface area contributed by atoms with Crippen molar-refractivity contribution in [2.24, 2.45) is 0 Å². The van der Waals surface area contributed by atoms with E-state index in [1.807, 2.05) is 0 Å². The van der Waals surface area contributed by atoms with Gasteiger partial charge in [-0.25, -0.2) is 0 Å². The van der Waals surface area contributed by atoms with E-state index >= 15 is 0 Å². The van der Waals surface area contributed by atoms with Gasteiger partial charge in [0.2, 0.25) is 0 Å². The summed E-state index contributed by atoms with van der Waals surface area (Å²) in [6, 6.07) is 2.99. The molecule has 0 atom stereocenters. The molecule has 1 aromatic rings. The summed E-state index contributed by atoms with van der Waals surface area (Å²) in [7, 11) is -3.57. The lowest BCUT2D eigenvalue weighted by atomic mass is 10.5. The molecule has 1 heterocycles. The Morgan fingerprint density at radius 2 is 2.33 bits per heavy atom. The second kappa shape index (κ2) is 3.64. The molecule has 0 fully saturated rings. The molecule has 0 aliphatic rings. The third kappa shape index (κ3) is 2.02. The minimum atomic E-state index is -3.57. The van der Waals surface area contributed by atoms with Crippen molar-refractivity contribution in [3.8, 4) is 0 Å². The zero-order chi connectivity index (χ0) is 9.03. The van der Waals surface area contributed by atoms with Crippen LogP contribution in [0, 0.1) is 0 Å². The second-order valence-electron chi connectivity index (χ2n) is 2.05. The van der Waals surface area contributed by atoms with Crippen LogP contribution in [0.4, 0.5) is 0 Å². The Hall–Kier alpha value is -0.940. The molecule has 5 heteroatoms. The van der Waals surface area contributed by atoms with Gasteiger partial charge < -0.3 is 0 Å². The Morgan fingerprint density at radius 3 is 2.83 bits per heavy atom. The summed E-state index contributed by atoms with van der Waals surface area (Å²) in [4.78, 5) is 3.76. The van der Waals surface area contributed by atoms with Gasteiger partial charge in [-0.15, -0.1) is 0 Å². The summed E-state index contributed by atoms with van der Waals surface area (Å²) in [6.45, 7) is 1.76. The van der Waals surface area contributed by atoms with E-state index < -0.39 is 10.1 Å². The standard InChI is InChI=1S/C7H9NO3S/c1-2-11-12(9,10)7-4-3-5-8-6-7/h3-6H,2H2,1H3. The average Bonchev–Trinajstić information content (AvgIpc) is 2.06. The van der Waals surface area contributed by atoms with E-state index in [9.17, 15) is 8.42 Å². The normalized spacial score (nSPS) is 11.4. The van der Waals surface area contributed by atoms with Crippen LogP contribution < -0.4 is 0 Å². The van der Waals surface area contributed by atoms with E-state index in [4.69, 9.17) is 0 Å². The summed E-state index contributed by atoms with van der Waals surface area (Å²) < 4.78 is 26.9. The first-order chi connectivity index (χ1) is 5.67. The second-order valence-corrected chi connectivity index (χ2v) is 3.66. The van der Waals surface area contributed by atoms with Crippen LogP contribution in [0.2, 0.25) is 0 Å². The van der Waals surface area contributed by atoms with Crippen LogP contribution in [-0.4, -0.2) is 20.0 Å². The molecule has 12 heavy (non-hydrogen) atoms. The molecule has 0 saturated carbocycles. The molecule has 0 unspecified atom stereocenters. The molecule has 0 saturated heterocycles. The first-order valence-electron chi connectivity index (χ1n) is 3.46. The third-order valence-corrected chi connectivity index (χ3v) is 2.56. The molecule has 0 spiro atoms. The first kappa shape index (κ1) is 9.15. The van der Waals surface area contributed by atoms with E-state index in [0.29, 0.717) is 0 Å². The van der Waals surface area contributed by atoms with Gasteiger partial charge in [-0.1, -0.05) is 0 Å². The van der Waals surface area contributed by atoms with Crippen molar-refractivity contribution in [2.45, 2.75) is 11.8 Å². The fourth-order valence-corrected chi connectivity index (χ4v) is 1.60. The fraction of sp³-hybridized carbons (Fsp3) is 0.286. The van der Waals surface area contributed by atoms with Crippen molar-refractivity contribution in [2.75, 3.05) is 6.61 Å². The largest absolute Gasteiger partial charge is 0.298 e. The van der Waals surface area contributed by atoms with Crippen molar-refractivity contribution in [1.29, 1.82) is 0 Å². The molecular formula is C7H9NO3S. The predicted molar refractivity (Wildman–Crippen MR) is 43.0 cm³/mol. The highest BCUT2D eigenvalue weighted by molar-refractivity contribution is 7.86. The molecule has 0 aliphatic carbocycles. The summed E-state index contributed by atoms with van der Waals surface area (Å²) in [5.41, 5.74) is 0. The van der Waals surface area contributed by atoms with Crippen LogP contribution in [0.3, 0.4) is 0 Å². The predicted octanol–water partition coefficient (Wildman–Crippen LogP) is 0.807. The Balaban J connectivity index is 2.99. The van der Waals surface area contributed by atoms with Gasteiger partial charge in [0.1, 0.15) is 4.90 Å². The quantitative estimate of drug-likeness (QED) is 0.657. The van der Waals surface area contributed by atoms with E-state index in [1.165, 1.54) is 18.5 Å². The highest BCUT2D eigenvalue weighted by Gasteiger charge is 2.12. The van der Waals surface area contributed by atoms with Gasteiger partial charge in [0.05, 0.1) is 6.61 Å². The van der Waals surface area contributed by atoms with Crippen molar-refractivity contribution in [3.05, 3.63) is 24.5 Å². The van der Waals surface area contributed by atoms with Crippen LogP contribution in [0.1, 0.15) is 6.92 Å². The SMILES string of the molecule is CCOS(=O)(=O)c1cccnc1. The number of pyridine rings is 1. The van der Waals surface area contributed by atoms with Crippen LogP contribution in [0.5, 0.6) is 0 Å². The maximum atomic E-state index is 11.2. The summed E-state index contributed by atoms with van der Waals surface area (Å²) >= 11 is 0. The Kier molecular flexibility index (Phi) is 2.78. The topological polar surface area (TPSA) is 56.3 Å². The molecular weight excluding hydrogens is 178 g/mol. The van der Waals surface area contributed by atoms with E-state index in [1.54, 1.807) is 13.0 Å². The minimum absolute atomic E-state index is 0.0897. The molecule has 66 valence electrons. The van der Waals surface area contributed by atoms with Crippen LogP contribution in [0.25, 0.3) is 0 Å². The van der Waals surface area contributed by atoms with Gasteiger partial charge in [0.25, 0.3) is 10.1 Å². The zero-order valence-electron chi connectivity index (χ0n) is 6.60. The van der Waals surface area contributed by atoms with Crippen LogP contribution in [-0.2, 0) is 14.3 Å². The number of aromatic nitrogens is 1. The smallest absolute Gasteiger partial charge is 0.267 e. The zero-order valence-corrected chi connectivity index (χ0v) is 7.41. The van der Waals surface area contributed by atoms with Crippen molar-refractivity contribution in [3.63, 3.8) is 0 Å². The molecule has 0 aliphatic heterocycles. The summed E-state index contributed by atoms with van der Waals surface area (Å²) in [6.07, 6.45) is 2.76. The first-order valence-corrected chi connectivity index (χ1v) is 4.87. The molecule has 0 bridgehead atoms. The minimum Gasteiger partial charge on any atom is -0.267 e. The summed E-state index contributed by atoms with van der Waals surface area (Å²) in [5.74, 6) is 0. The maximum Gasteiger partial charge on any atom is 0.298 e. The monoisotopic (exact) mass is 187 g/mol. The number of hydrogen-bond acceptors (Lipinski definition) is 4. The van der Waals surface area contributed by atoms with E-state index in [2.05, 4.69) is 9.17 Å². The Morgan fingerprint density at radius 1 is 1.58 bits per heavy atom. The highest BCUT2D eigenvalue weighted by Crippen LogP contribution is 2.08. The lowest BCUT2D eigenvalue weighted by Gasteiger charge is -2.00. The molecule has 0 N–H and O–H groups in total. The van der Waals surface area contributed by atoms with Crippen LogP contribution >= 0.6 is 0 Å². The summed E-state index contributed by atoms with van der Waals surface area (Å²) in [5, 5.41) is 0. The van der Waals surface area contributed by atoms with Gasteiger partial charge in [-0.3, -0.25) is 9.17 Å². The lowest BCUT2D eigenvalue weighted by Crippen LogP contribution is -2.05. The van der Waals surface area contributed by atoms with Gasteiger partial charge in [-0.05, 0) is 19.1 Å². The molecule has 0 amide bonds. The van der Waals surface area contributed by atoms with E-state index in [0.717, 1.165) is 0 Å². The number of hydrogen-bond donors (Lipinski definition) is 0. The average molecular weight is 187 g/mol.